The van der Waals surface area contributed by atoms with E-state index in [0.29, 0.717) is 34.7 Å². The van der Waals surface area contributed by atoms with Gasteiger partial charge in [0.25, 0.3) is 0 Å². The highest BCUT2D eigenvalue weighted by Crippen LogP contribution is 2.40. The Labute approximate surface area is 160 Å². The monoisotopic (exact) mass is 378 g/mol. The Morgan fingerprint density at radius 3 is 2.39 bits per heavy atom. The highest BCUT2D eigenvalue weighted by molar-refractivity contribution is 5.68. The van der Waals surface area contributed by atoms with E-state index in [1.165, 1.54) is 0 Å². The van der Waals surface area contributed by atoms with Crippen LogP contribution < -0.4 is 19.5 Å². The number of benzene rings is 1. The Hall–Kier alpha value is -3.88. The van der Waals surface area contributed by atoms with E-state index in [1.54, 1.807) is 50.5 Å². The normalized spacial score (nSPS) is 10.7. The van der Waals surface area contributed by atoms with E-state index in [9.17, 15) is 0 Å². The lowest BCUT2D eigenvalue weighted by molar-refractivity contribution is 0.324. The minimum absolute atomic E-state index is 0.440. The van der Waals surface area contributed by atoms with Crippen molar-refractivity contribution in [1.82, 2.24) is 24.6 Å². The molecule has 0 aliphatic rings. The van der Waals surface area contributed by atoms with E-state index >= 15 is 0 Å². The largest absolute Gasteiger partial charge is 0.493 e. The summed E-state index contributed by atoms with van der Waals surface area (Å²) < 4.78 is 17.9. The van der Waals surface area contributed by atoms with Crippen molar-refractivity contribution in [2.75, 3.05) is 26.6 Å². The van der Waals surface area contributed by atoms with Gasteiger partial charge in [-0.25, -0.2) is 4.98 Å². The van der Waals surface area contributed by atoms with Gasteiger partial charge in [0.1, 0.15) is 0 Å². The van der Waals surface area contributed by atoms with Crippen LogP contribution in [-0.4, -0.2) is 45.9 Å². The van der Waals surface area contributed by atoms with Crippen molar-refractivity contribution >= 4 is 17.3 Å². The van der Waals surface area contributed by atoms with Gasteiger partial charge in [-0.3, -0.25) is 4.98 Å². The zero-order chi connectivity index (χ0) is 19.5. The maximum atomic E-state index is 5.44. The van der Waals surface area contributed by atoms with E-state index in [4.69, 9.17) is 14.2 Å². The van der Waals surface area contributed by atoms with Crippen LogP contribution in [-0.2, 0) is 0 Å². The molecule has 9 nitrogen and oxygen atoms in total. The molecule has 9 heteroatoms. The van der Waals surface area contributed by atoms with Crippen molar-refractivity contribution in [1.29, 1.82) is 0 Å². The van der Waals surface area contributed by atoms with E-state index in [2.05, 4.69) is 25.4 Å². The number of fused-ring (bicyclic) bond motifs is 1. The lowest BCUT2D eigenvalue weighted by Gasteiger charge is -2.14. The Balaban J connectivity index is 1.81. The molecule has 3 aromatic heterocycles. The summed E-state index contributed by atoms with van der Waals surface area (Å²) in [6, 6.07) is 9.14. The van der Waals surface area contributed by atoms with Crippen molar-refractivity contribution in [3.63, 3.8) is 0 Å². The lowest BCUT2D eigenvalue weighted by atomic mass is 10.1. The summed E-state index contributed by atoms with van der Waals surface area (Å²) in [7, 11) is 4.70. The average molecular weight is 378 g/mol. The van der Waals surface area contributed by atoms with Crippen LogP contribution in [0.15, 0.2) is 48.9 Å². The van der Waals surface area contributed by atoms with E-state index in [0.717, 1.165) is 11.3 Å². The lowest BCUT2D eigenvalue weighted by Crippen LogP contribution is -2.00. The third-order valence-corrected chi connectivity index (χ3v) is 4.09. The summed E-state index contributed by atoms with van der Waals surface area (Å²) in [5, 5.41) is 7.66. The third kappa shape index (κ3) is 3.13. The molecule has 0 saturated heterocycles. The zero-order valence-corrected chi connectivity index (χ0v) is 15.6. The molecule has 4 rings (SSSR count). The summed E-state index contributed by atoms with van der Waals surface area (Å²) in [6.07, 6.45) is 5.08. The van der Waals surface area contributed by atoms with E-state index in [1.807, 2.05) is 24.3 Å². The number of methoxy groups -OCH3 is 3. The predicted octanol–water partition coefficient (Wildman–Crippen LogP) is 2.96. The highest BCUT2D eigenvalue weighted by Gasteiger charge is 2.17. The van der Waals surface area contributed by atoms with Crippen LogP contribution in [0, 0.1) is 0 Å². The summed E-state index contributed by atoms with van der Waals surface area (Å²) in [4.78, 5) is 13.0. The van der Waals surface area contributed by atoms with Crippen LogP contribution in [0.3, 0.4) is 0 Å². The van der Waals surface area contributed by atoms with Crippen molar-refractivity contribution in [3.8, 4) is 28.6 Å². The second kappa shape index (κ2) is 7.39. The SMILES string of the molecule is COc1cc(-c2nccc3nc(Nc4cccnc4)nn23)cc(OC)c1OC. The molecule has 0 bridgehead atoms. The van der Waals surface area contributed by atoms with Gasteiger partial charge in [0.2, 0.25) is 11.7 Å². The first kappa shape index (κ1) is 17.5. The molecule has 142 valence electrons. The van der Waals surface area contributed by atoms with E-state index < -0.39 is 0 Å². The van der Waals surface area contributed by atoms with Crippen LogP contribution in [0.5, 0.6) is 17.2 Å². The first-order valence-electron chi connectivity index (χ1n) is 8.42. The number of rotatable bonds is 6. The molecule has 0 aliphatic heterocycles. The number of pyridine rings is 1. The summed E-state index contributed by atoms with van der Waals surface area (Å²) >= 11 is 0. The fourth-order valence-corrected chi connectivity index (χ4v) is 2.84. The highest BCUT2D eigenvalue weighted by atomic mass is 16.5. The topological polar surface area (TPSA) is 95.7 Å². The number of aromatic nitrogens is 5. The van der Waals surface area contributed by atoms with Gasteiger partial charge in [-0.15, -0.1) is 5.10 Å². The van der Waals surface area contributed by atoms with E-state index in [-0.39, 0.29) is 0 Å². The van der Waals surface area contributed by atoms with Gasteiger partial charge in [0.05, 0.1) is 33.2 Å². The third-order valence-electron chi connectivity index (χ3n) is 4.09. The molecule has 1 aromatic carbocycles. The molecule has 0 amide bonds. The van der Waals surface area contributed by atoms with Crippen LogP contribution in [0.4, 0.5) is 11.6 Å². The predicted molar refractivity (Wildman–Crippen MR) is 103 cm³/mol. The molecule has 28 heavy (non-hydrogen) atoms. The number of anilines is 2. The summed E-state index contributed by atoms with van der Waals surface area (Å²) in [5.41, 5.74) is 2.18. The molecule has 3 heterocycles. The average Bonchev–Trinajstić information content (AvgIpc) is 3.15. The van der Waals surface area contributed by atoms with Crippen molar-refractivity contribution in [3.05, 3.63) is 48.9 Å². The van der Waals surface area contributed by atoms with Crippen molar-refractivity contribution in [2.24, 2.45) is 0 Å². The summed E-state index contributed by atoms with van der Waals surface area (Å²) in [5.74, 6) is 2.60. The fraction of sp³-hybridized carbons (Fsp3) is 0.158. The maximum Gasteiger partial charge on any atom is 0.247 e. The number of ether oxygens (including phenoxy) is 3. The van der Waals surface area contributed by atoms with Gasteiger partial charge in [-0.05, 0) is 24.3 Å². The van der Waals surface area contributed by atoms with Gasteiger partial charge in [0, 0.05) is 24.0 Å². The fourth-order valence-electron chi connectivity index (χ4n) is 2.84. The van der Waals surface area contributed by atoms with Crippen molar-refractivity contribution in [2.45, 2.75) is 0 Å². The molecular formula is C19H18N6O3. The molecule has 0 saturated carbocycles. The van der Waals surface area contributed by atoms with Gasteiger partial charge >= 0.3 is 0 Å². The second-order valence-electron chi connectivity index (χ2n) is 5.75. The number of nitrogens with zero attached hydrogens (tertiary/aromatic N) is 5. The molecule has 0 atom stereocenters. The number of hydrogen-bond donors (Lipinski definition) is 1. The van der Waals surface area contributed by atoms with Crippen LogP contribution in [0.25, 0.3) is 17.0 Å². The van der Waals surface area contributed by atoms with Crippen LogP contribution in [0.2, 0.25) is 0 Å². The Kier molecular flexibility index (Phi) is 4.63. The second-order valence-corrected chi connectivity index (χ2v) is 5.75. The minimum atomic E-state index is 0.440. The molecule has 0 radical (unpaired) electrons. The standard InChI is InChI=1S/C19H18N6O3/c1-26-14-9-12(10-15(27-2)17(14)28-3)18-21-8-6-16-23-19(24-25(16)18)22-13-5-4-7-20-11-13/h4-11H,1-3H3,(H,22,24). The smallest absolute Gasteiger partial charge is 0.247 e. The van der Waals surface area contributed by atoms with Crippen molar-refractivity contribution < 1.29 is 14.2 Å². The number of hydrogen-bond acceptors (Lipinski definition) is 8. The summed E-state index contributed by atoms with van der Waals surface area (Å²) in [6.45, 7) is 0. The minimum Gasteiger partial charge on any atom is -0.493 e. The molecule has 0 unspecified atom stereocenters. The molecule has 0 spiro atoms. The van der Waals surface area contributed by atoms with Gasteiger partial charge in [0.15, 0.2) is 23.0 Å². The van der Waals surface area contributed by atoms with Crippen LogP contribution >= 0.6 is 0 Å². The number of nitrogens with one attached hydrogen (secondary N) is 1. The molecular weight excluding hydrogens is 360 g/mol. The van der Waals surface area contributed by atoms with Gasteiger partial charge in [-0.1, -0.05) is 0 Å². The molecule has 0 fully saturated rings. The van der Waals surface area contributed by atoms with Gasteiger partial charge in [-0.2, -0.15) is 9.50 Å². The molecule has 1 N–H and O–H groups in total. The zero-order valence-electron chi connectivity index (χ0n) is 15.6. The van der Waals surface area contributed by atoms with Gasteiger partial charge < -0.3 is 19.5 Å². The molecule has 4 aromatic rings. The molecule has 0 aliphatic carbocycles. The maximum absolute atomic E-state index is 5.44. The first-order valence-corrected chi connectivity index (χ1v) is 8.42. The Bertz CT molecular complexity index is 1090. The van der Waals surface area contributed by atoms with Crippen LogP contribution in [0.1, 0.15) is 0 Å². The quantitative estimate of drug-likeness (QED) is 0.547. The Morgan fingerprint density at radius 2 is 1.75 bits per heavy atom. The Morgan fingerprint density at radius 1 is 0.964 bits per heavy atom. The first-order chi connectivity index (χ1) is 13.7.